The summed E-state index contributed by atoms with van der Waals surface area (Å²) in [6.45, 7) is 0.482. The van der Waals surface area contributed by atoms with Gasteiger partial charge in [-0.3, -0.25) is 4.79 Å². The van der Waals surface area contributed by atoms with Gasteiger partial charge < -0.3 is 20.4 Å². The van der Waals surface area contributed by atoms with Crippen molar-refractivity contribution in [1.82, 2.24) is 19.9 Å². The number of ether oxygens (including phenoxy) is 1. The van der Waals surface area contributed by atoms with E-state index in [9.17, 15) is 4.79 Å². The molecule has 2 heterocycles. The molecule has 5 rings (SSSR count). The van der Waals surface area contributed by atoms with Crippen molar-refractivity contribution < 1.29 is 9.53 Å². The number of amides is 1. The molecule has 0 spiro atoms. The number of nitrogen functional groups attached to an aromatic ring is 1. The summed E-state index contributed by atoms with van der Waals surface area (Å²) >= 11 is 0. The van der Waals surface area contributed by atoms with Gasteiger partial charge in [-0.05, 0) is 42.7 Å². The van der Waals surface area contributed by atoms with Gasteiger partial charge in [0.2, 0.25) is 0 Å². The maximum Gasteiger partial charge on any atom is 0.257 e. The number of hydrogen-bond donors (Lipinski definition) is 2. The zero-order chi connectivity index (χ0) is 21.4. The summed E-state index contributed by atoms with van der Waals surface area (Å²) in [5.41, 5.74) is 10.7. The molecule has 7 heteroatoms. The number of methoxy groups -OCH3 is 1. The van der Waals surface area contributed by atoms with Gasteiger partial charge in [0.05, 0.1) is 24.7 Å². The van der Waals surface area contributed by atoms with Gasteiger partial charge in [0.15, 0.2) is 5.65 Å². The van der Waals surface area contributed by atoms with Gasteiger partial charge in [-0.2, -0.15) is 0 Å². The van der Waals surface area contributed by atoms with Crippen LogP contribution in [0.5, 0.6) is 5.75 Å². The smallest absolute Gasteiger partial charge is 0.257 e. The van der Waals surface area contributed by atoms with Crippen LogP contribution < -0.4 is 15.8 Å². The average molecular weight is 415 g/mol. The summed E-state index contributed by atoms with van der Waals surface area (Å²) in [5.74, 6) is 1.00. The number of rotatable bonds is 5. The SMILES string of the molecule is COc1ccc(Cn2c(N)c(C(=O)NC3CCCC3)c3nc4ccccc4nc32)cc1. The van der Waals surface area contributed by atoms with Crippen molar-refractivity contribution in [1.29, 1.82) is 0 Å². The maximum absolute atomic E-state index is 13.2. The zero-order valence-electron chi connectivity index (χ0n) is 17.5. The van der Waals surface area contributed by atoms with Crippen LogP contribution in [0.3, 0.4) is 0 Å². The van der Waals surface area contributed by atoms with E-state index in [0.29, 0.717) is 29.1 Å². The van der Waals surface area contributed by atoms with E-state index >= 15 is 0 Å². The van der Waals surface area contributed by atoms with Crippen LogP contribution in [-0.4, -0.2) is 33.6 Å². The van der Waals surface area contributed by atoms with Crippen LogP contribution in [0.15, 0.2) is 48.5 Å². The van der Waals surface area contributed by atoms with Gasteiger partial charge in [-0.15, -0.1) is 0 Å². The van der Waals surface area contributed by atoms with E-state index in [0.717, 1.165) is 48.0 Å². The summed E-state index contributed by atoms with van der Waals surface area (Å²) in [6.07, 6.45) is 4.30. The number of carbonyl (C=O) groups is 1. The fourth-order valence-corrected chi connectivity index (χ4v) is 4.34. The molecule has 0 atom stereocenters. The Balaban J connectivity index is 1.63. The van der Waals surface area contributed by atoms with Gasteiger partial charge in [-0.1, -0.05) is 37.1 Å². The van der Waals surface area contributed by atoms with Gasteiger partial charge in [0, 0.05) is 6.04 Å². The molecule has 0 bridgehead atoms. The number of para-hydroxylation sites is 2. The number of nitrogens with two attached hydrogens (primary N) is 1. The molecule has 0 aliphatic heterocycles. The Morgan fingerprint density at radius 2 is 1.77 bits per heavy atom. The fraction of sp³-hybridized carbons (Fsp3) is 0.292. The first-order chi connectivity index (χ1) is 15.1. The minimum absolute atomic E-state index is 0.174. The number of nitrogens with one attached hydrogen (secondary N) is 1. The first kappa shape index (κ1) is 19.4. The standard InChI is InChI=1S/C24H25N5O2/c1-31-17-12-10-15(11-13-17)14-29-22(25)20(24(30)26-16-6-2-3-7-16)21-23(29)28-19-9-5-4-8-18(19)27-21/h4-5,8-13,16H,2-3,6-7,14,25H2,1H3,(H,26,30). The summed E-state index contributed by atoms with van der Waals surface area (Å²) in [6, 6.07) is 15.6. The number of hydrogen-bond acceptors (Lipinski definition) is 5. The highest BCUT2D eigenvalue weighted by molar-refractivity contribution is 6.10. The summed E-state index contributed by atoms with van der Waals surface area (Å²) in [5, 5.41) is 3.15. The molecule has 2 aromatic carbocycles. The van der Waals surface area contributed by atoms with Crippen LogP contribution in [0.2, 0.25) is 0 Å². The lowest BCUT2D eigenvalue weighted by atomic mass is 10.2. The lowest BCUT2D eigenvalue weighted by molar-refractivity contribution is 0.0940. The van der Waals surface area contributed by atoms with Crippen LogP contribution in [-0.2, 0) is 6.54 Å². The molecule has 1 saturated carbocycles. The Hall–Kier alpha value is -3.61. The van der Waals surface area contributed by atoms with Gasteiger partial charge in [0.25, 0.3) is 5.91 Å². The number of benzene rings is 2. The average Bonchev–Trinajstić information content (AvgIpc) is 3.39. The van der Waals surface area contributed by atoms with E-state index in [1.54, 1.807) is 7.11 Å². The molecule has 0 unspecified atom stereocenters. The Morgan fingerprint density at radius 1 is 1.10 bits per heavy atom. The van der Waals surface area contributed by atoms with Crippen LogP contribution in [0.4, 0.5) is 5.82 Å². The normalized spacial score (nSPS) is 14.4. The topological polar surface area (TPSA) is 95.1 Å². The first-order valence-electron chi connectivity index (χ1n) is 10.6. The lowest BCUT2D eigenvalue weighted by Gasteiger charge is -2.12. The minimum Gasteiger partial charge on any atom is -0.497 e. The minimum atomic E-state index is -0.174. The van der Waals surface area contributed by atoms with Crippen molar-refractivity contribution in [3.63, 3.8) is 0 Å². The molecule has 7 nitrogen and oxygen atoms in total. The molecular weight excluding hydrogens is 390 g/mol. The summed E-state index contributed by atoms with van der Waals surface area (Å²) < 4.78 is 7.13. The molecule has 158 valence electrons. The number of anilines is 1. The predicted octanol–water partition coefficient (Wildman–Crippen LogP) is 3.90. The molecule has 4 aromatic rings. The molecule has 31 heavy (non-hydrogen) atoms. The Morgan fingerprint density at radius 3 is 2.45 bits per heavy atom. The third kappa shape index (κ3) is 3.56. The van der Waals surface area contributed by atoms with E-state index in [1.807, 2.05) is 53.1 Å². The third-order valence-electron chi connectivity index (χ3n) is 6.01. The lowest BCUT2D eigenvalue weighted by Crippen LogP contribution is -2.33. The summed E-state index contributed by atoms with van der Waals surface area (Å²) in [7, 11) is 1.64. The molecule has 1 fully saturated rings. The maximum atomic E-state index is 13.2. The van der Waals surface area contributed by atoms with Crippen molar-refractivity contribution in [2.45, 2.75) is 38.3 Å². The van der Waals surface area contributed by atoms with Gasteiger partial charge in [0.1, 0.15) is 22.6 Å². The van der Waals surface area contributed by atoms with E-state index in [4.69, 9.17) is 20.4 Å². The van der Waals surface area contributed by atoms with Crippen LogP contribution in [0, 0.1) is 0 Å². The monoisotopic (exact) mass is 415 g/mol. The number of nitrogens with zero attached hydrogens (tertiary/aromatic N) is 3. The Kier molecular flexibility index (Phi) is 4.94. The molecule has 3 N–H and O–H groups in total. The van der Waals surface area contributed by atoms with Crippen molar-refractivity contribution >= 4 is 33.9 Å². The molecule has 0 radical (unpaired) electrons. The quantitative estimate of drug-likeness (QED) is 0.516. The fourth-order valence-electron chi connectivity index (χ4n) is 4.34. The molecule has 1 aliphatic rings. The summed E-state index contributed by atoms with van der Waals surface area (Å²) in [4.78, 5) is 22.8. The van der Waals surface area contributed by atoms with Gasteiger partial charge >= 0.3 is 0 Å². The third-order valence-corrected chi connectivity index (χ3v) is 6.01. The Bertz CT molecular complexity index is 1260. The highest BCUT2D eigenvalue weighted by Crippen LogP contribution is 2.29. The van der Waals surface area contributed by atoms with Crippen molar-refractivity contribution in [2.75, 3.05) is 12.8 Å². The Labute approximate surface area is 180 Å². The molecular formula is C24H25N5O2. The zero-order valence-corrected chi connectivity index (χ0v) is 17.5. The van der Waals surface area contributed by atoms with Crippen molar-refractivity contribution in [3.05, 3.63) is 59.7 Å². The first-order valence-corrected chi connectivity index (χ1v) is 10.6. The number of fused-ring (bicyclic) bond motifs is 2. The van der Waals surface area contributed by atoms with E-state index in [-0.39, 0.29) is 11.9 Å². The van der Waals surface area contributed by atoms with E-state index < -0.39 is 0 Å². The molecule has 0 saturated heterocycles. The predicted molar refractivity (Wildman–Crippen MR) is 121 cm³/mol. The van der Waals surface area contributed by atoms with Crippen LogP contribution >= 0.6 is 0 Å². The second kappa shape index (κ2) is 7.91. The van der Waals surface area contributed by atoms with E-state index in [1.165, 1.54) is 0 Å². The largest absolute Gasteiger partial charge is 0.497 e. The van der Waals surface area contributed by atoms with Crippen molar-refractivity contribution in [3.8, 4) is 5.75 Å². The molecule has 2 aromatic heterocycles. The van der Waals surface area contributed by atoms with Crippen molar-refractivity contribution in [2.24, 2.45) is 0 Å². The molecule has 1 amide bonds. The number of carbonyl (C=O) groups excluding carboxylic acids is 1. The number of aromatic nitrogens is 3. The molecule has 1 aliphatic carbocycles. The van der Waals surface area contributed by atoms with Gasteiger partial charge in [-0.25, -0.2) is 9.97 Å². The van der Waals surface area contributed by atoms with Crippen LogP contribution in [0.25, 0.3) is 22.2 Å². The highest BCUT2D eigenvalue weighted by atomic mass is 16.5. The second-order valence-corrected chi connectivity index (χ2v) is 8.03. The second-order valence-electron chi connectivity index (χ2n) is 8.03. The van der Waals surface area contributed by atoms with Crippen LogP contribution in [0.1, 0.15) is 41.6 Å². The van der Waals surface area contributed by atoms with E-state index in [2.05, 4.69) is 5.32 Å². The highest BCUT2D eigenvalue weighted by Gasteiger charge is 2.26.